The first kappa shape index (κ1) is 33.5. The van der Waals surface area contributed by atoms with Crippen LogP contribution in [0.5, 0.6) is 0 Å². The average molecular weight is 550 g/mol. The molecule has 2 aromatic carbocycles. The average Bonchev–Trinajstić information content (AvgIpc) is 2.93. The maximum absolute atomic E-state index is 13.3. The zero-order valence-corrected chi connectivity index (χ0v) is 23.9. The zero-order valence-electron chi connectivity index (χ0n) is 23.0. The van der Waals surface area contributed by atoms with Crippen molar-refractivity contribution >= 4 is 42.5 Å². The van der Waals surface area contributed by atoms with Gasteiger partial charge in [-0.15, -0.1) is 0 Å². The quantitative estimate of drug-likeness (QED) is 0.272. The molecule has 1 fully saturated rings. The van der Waals surface area contributed by atoms with Crippen molar-refractivity contribution in [3.8, 4) is 11.1 Å². The molecule has 1 amide bonds. The molecule has 1 aliphatic carbocycles. The predicted octanol–water partition coefficient (Wildman–Crippen LogP) is 5.84. The normalized spacial score (nSPS) is 15.3. The summed E-state index contributed by atoms with van der Waals surface area (Å²) in [6.45, 7) is 5.70. The van der Waals surface area contributed by atoms with Crippen molar-refractivity contribution in [2.45, 2.75) is 77.5 Å². The van der Waals surface area contributed by atoms with Crippen LogP contribution < -0.4 is 5.32 Å². The number of rotatable bonds is 15. The molecule has 3 rings (SSSR count). The third-order valence-electron chi connectivity index (χ3n) is 7.29. The van der Waals surface area contributed by atoms with Gasteiger partial charge in [-0.1, -0.05) is 62.4 Å². The van der Waals surface area contributed by atoms with E-state index in [-0.39, 0.29) is 30.9 Å². The molecule has 0 spiro atoms. The first-order chi connectivity index (χ1) is 18.4. The van der Waals surface area contributed by atoms with E-state index in [9.17, 15) is 14.7 Å². The van der Waals surface area contributed by atoms with Crippen molar-refractivity contribution in [3.63, 3.8) is 0 Å². The van der Waals surface area contributed by atoms with Gasteiger partial charge in [0.15, 0.2) is 0 Å². The number of carboxylic acids is 1. The molecule has 1 aliphatic rings. The summed E-state index contributed by atoms with van der Waals surface area (Å²) in [6.07, 6.45) is 9.81. The monoisotopic (exact) mass is 549 g/mol. The van der Waals surface area contributed by atoms with Crippen LogP contribution in [0.3, 0.4) is 0 Å². The van der Waals surface area contributed by atoms with Gasteiger partial charge in [0.25, 0.3) is 5.91 Å². The molecule has 1 saturated carbocycles. The summed E-state index contributed by atoms with van der Waals surface area (Å²) in [7, 11) is 0. The number of aliphatic carboxylic acids is 1. The summed E-state index contributed by atoms with van der Waals surface area (Å²) in [6, 6.07) is 12.7. The van der Waals surface area contributed by atoms with Gasteiger partial charge in [0.2, 0.25) is 0 Å². The fraction of sp³-hybridized carbons (Fsp3) is 0.548. The molecule has 0 saturated heterocycles. The van der Waals surface area contributed by atoms with Gasteiger partial charge in [-0.05, 0) is 79.0 Å². The second-order valence-corrected chi connectivity index (χ2v) is 11.2. The first-order valence-corrected chi connectivity index (χ1v) is 15.2. The van der Waals surface area contributed by atoms with Gasteiger partial charge in [-0.3, -0.25) is 4.79 Å². The third kappa shape index (κ3) is 10.6. The van der Waals surface area contributed by atoms with E-state index >= 15 is 0 Å². The number of carbonyl (C=O) groups is 2. The van der Waals surface area contributed by atoms with E-state index in [0.717, 1.165) is 28.7 Å². The van der Waals surface area contributed by atoms with Crippen LogP contribution in [0.15, 0.2) is 42.5 Å². The van der Waals surface area contributed by atoms with Gasteiger partial charge < -0.3 is 19.9 Å². The van der Waals surface area contributed by atoms with Crippen molar-refractivity contribution < 1.29 is 24.2 Å². The van der Waals surface area contributed by atoms with Crippen LogP contribution >= 0.6 is 11.8 Å². The second-order valence-electron chi connectivity index (χ2n) is 10.2. The minimum atomic E-state index is -1.02. The Morgan fingerprint density at radius 2 is 1.85 bits per heavy atom. The molecule has 0 heterocycles. The minimum absolute atomic E-state index is 0. The number of hydrogen-bond acceptors (Lipinski definition) is 5. The van der Waals surface area contributed by atoms with Gasteiger partial charge in [-0.25, -0.2) is 4.79 Å². The number of carbonyl (C=O) groups excluding carboxylic acids is 1. The summed E-state index contributed by atoms with van der Waals surface area (Å²) < 4.78 is 12.1. The van der Waals surface area contributed by atoms with Crippen molar-refractivity contribution in [3.05, 3.63) is 59.2 Å². The van der Waals surface area contributed by atoms with Crippen LogP contribution in [0.2, 0.25) is 0 Å². The Morgan fingerprint density at radius 3 is 2.51 bits per heavy atom. The van der Waals surface area contributed by atoms with Crippen molar-refractivity contribution in [1.82, 2.24) is 5.32 Å². The number of aryl methyl sites for hydroxylation is 1. The SMILES string of the molecule is CCOCC(CC1CCCCC1)OCc1ccc(C(=O)N[C@@H](CCSC)C(=O)O)c(-c2ccccc2C)c1.[LiH]. The molecule has 39 heavy (non-hydrogen) atoms. The van der Waals surface area contributed by atoms with Gasteiger partial charge >= 0.3 is 24.8 Å². The fourth-order valence-corrected chi connectivity index (χ4v) is 5.62. The summed E-state index contributed by atoms with van der Waals surface area (Å²) in [5, 5.41) is 12.4. The maximum atomic E-state index is 13.3. The number of hydrogen-bond donors (Lipinski definition) is 2. The number of amides is 1. The van der Waals surface area contributed by atoms with E-state index in [2.05, 4.69) is 5.32 Å². The van der Waals surface area contributed by atoms with Crippen LogP contribution in [0.1, 0.15) is 73.4 Å². The molecule has 210 valence electrons. The Hall–Kier alpha value is -1.75. The Bertz CT molecular complexity index is 1040. The Morgan fingerprint density at radius 1 is 1.10 bits per heavy atom. The standard InChI is InChI=1S/C31H43NO5S.Li.H/c1-4-36-21-25(18-23-11-6-5-7-12-23)37-20-24-14-15-27(28(19-24)26-13-9-8-10-22(26)2)30(33)32-29(31(34)35)16-17-38-3;;/h8-10,13-15,19,23,25,29H,4-7,11-12,16-18,20-21H2,1-3H3,(H,32,33)(H,34,35);;/t25?,29-;;/m0../s1. The second kappa shape index (κ2) is 17.8. The van der Waals surface area contributed by atoms with E-state index in [0.29, 0.717) is 43.5 Å². The Balaban J connectivity index is 0.00000533. The number of nitrogens with one attached hydrogen (secondary N) is 1. The van der Waals surface area contributed by atoms with E-state index in [4.69, 9.17) is 9.47 Å². The molecule has 8 heteroatoms. The molecular weight excluding hydrogens is 505 g/mol. The molecule has 6 nitrogen and oxygen atoms in total. The van der Waals surface area contributed by atoms with Gasteiger partial charge in [0.05, 0.1) is 19.3 Å². The van der Waals surface area contributed by atoms with Gasteiger partial charge in [-0.2, -0.15) is 11.8 Å². The van der Waals surface area contributed by atoms with Gasteiger partial charge in [0, 0.05) is 12.2 Å². The number of carboxylic acid groups (broad SMARTS) is 1. The molecule has 0 aliphatic heterocycles. The molecule has 2 atom stereocenters. The number of thioether (sulfide) groups is 1. The van der Waals surface area contributed by atoms with E-state index < -0.39 is 12.0 Å². The van der Waals surface area contributed by atoms with Gasteiger partial charge in [0.1, 0.15) is 6.04 Å². The molecule has 0 radical (unpaired) electrons. The van der Waals surface area contributed by atoms with Crippen molar-refractivity contribution in [1.29, 1.82) is 0 Å². The summed E-state index contributed by atoms with van der Waals surface area (Å²) in [5.74, 6) is -0.0536. The number of benzene rings is 2. The van der Waals surface area contributed by atoms with Crippen molar-refractivity contribution in [2.75, 3.05) is 25.2 Å². The van der Waals surface area contributed by atoms with Crippen molar-refractivity contribution in [2.24, 2.45) is 5.92 Å². The molecule has 1 unspecified atom stereocenters. The first-order valence-electron chi connectivity index (χ1n) is 13.8. The predicted molar refractivity (Wildman–Crippen MR) is 162 cm³/mol. The van der Waals surface area contributed by atoms with E-state index in [1.165, 1.54) is 32.1 Å². The fourth-order valence-electron chi connectivity index (χ4n) is 5.15. The van der Waals surface area contributed by atoms with Crippen LogP contribution in [-0.4, -0.2) is 73.2 Å². The topological polar surface area (TPSA) is 84.9 Å². The summed E-state index contributed by atoms with van der Waals surface area (Å²) in [4.78, 5) is 25.1. The van der Waals surface area contributed by atoms with Crippen LogP contribution in [-0.2, 0) is 20.9 Å². The van der Waals surface area contributed by atoms with Crippen LogP contribution in [0, 0.1) is 12.8 Å². The molecular formula is C31H44LiNO5S. The van der Waals surface area contributed by atoms with Crippen LogP contribution in [0.25, 0.3) is 11.1 Å². The van der Waals surface area contributed by atoms with Crippen LogP contribution in [0.4, 0.5) is 0 Å². The molecule has 0 bridgehead atoms. The van der Waals surface area contributed by atoms with E-state index in [1.807, 2.05) is 56.5 Å². The molecule has 0 aromatic heterocycles. The molecule has 2 aromatic rings. The molecule has 2 N–H and O–H groups in total. The number of ether oxygens (including phenoxy) is 2. The summed E-state index contributed by atoms with van der Waals surface area (Å²) >= 11 is 1.56. The Labute approximate surface area is 250 Å². The third-order valence-corrected chi connectivity index (χ3v) is 7.94. The summed E-state index contributed by atoms with van der Waals surface area (Å²) in [5.41, 5.74) is 4.21. The zero-order chi connectivity index (χ0) is 27.3. The Kier molecular flexibility index (Phi) is 15.3. The van der Waals surface area contributed by atoms with E-state index in [1.54, 1.807) is 17.8 Å².